The average Bonchev–Trinajstić information content (AvgIpc) is 2.83. The first-order valence-electron chi connectivity index (χ1n) is 8.13. The third-order valence-corrected chi connectivity index (χ3v) is 4.79. The molecule has 2 aromatic carbocycles. The number of hydrogen-bond acceptors (Lipinski definition) is 2. The fourth-order valence-corrected chi connectivity index (χ4v) is 3.21. The van der Waals surface area contributed by atoms with Crippen molar-refractivity contribution < 1.29 is 4.79 Å². The lowest BCUT2D eigenvalue weighted by atomic mass is 10.2. The Morgan fingerprint density at radius 1 is 0.833 bits per heavy atom. The highest BCUT2D eigenvalue weighted by Crippen LogP contribution is 2.15. The standard InChI is InChI=1S/C19H20Cl2N2O/c20-17-6-2-15(3-7-17)14-22-10-1-11-23(13-12-22)19(24)16-4-8-18(21)9-5-16/h2-9H,1,10-14H2. The van der Waals surface area contributed by atoms with E-state index in [2.05, 4.69) is 17.0 Å². The monoisotopic (exact) mass is 362 g/mol. The zero-order valence-corrected chi connectivity index (χ0v) is 14.9. The van der Waals surface area contributed by atoms with Gasteiger partial charge in [-0.3, -0.25) is 9.69 Å². The predicted octanol–water partition coefficient (Wildman–Crippen LogP) is 4.34. The highest BCUT2D eigenvalue weighted by molar-refractivity contribution is 6.30. The fourth-order valence-electron chi connectivity index (χ4n) is 2.96. The minimum absolute atomic E-state index is 0.0833. The second-order valence-electron chi connectivity index (χ2n) is 6.06. The van der Waals surface area contributed by atoms with Crippen LogP contribution in [0.5, 0.6) is 0 Å². The van der Waals surface area contributed by atoms with Gasteiger partial charge in [-0.25, -0.2) is 0 Å². The van der Waals surface area contributed by atoms with Crippen LogP contribution in [-0.4, -0.2) is 41.9 Å². The van der Waals surface area contributed by atoms with E-state index in [4.69, 9.17) is 23.2 Å². The first-order chi connectivity index (χ1) is 11.6. The second-order valence-corrected chi connectivity index (χ2v) is 6.93. The molecule has 126 valence electrons. The van der Waals surface area contributed by atoms with Crippen molar-refractivity contribution in [3.05, 3.63) is 69.7 Å². The normalized spacial score (nSPS) is 16.0. The van der Waals surface area contributed by atoms with Crippen LogP contribution >= 0.6 is 23.2 Å². The smallest absolute Gasteiger partial charge is 0.253 e. The summed E-state index contributed by atoms with van der Waals surface area (Å²) in [5.74, 6) is 0.0833. The minimum Gasteiger partial charge on any atom is -0.337 e. The highest BCUT2D eigenvalue weighted by Gasteiger charge is 2.20. The predicted molar refractivity (Wildman–Crippen MR) is 98.7 cm³/mol. The summed E-state index contributed by atoms with van der Waals surface area (Å²) in [6.45, 7) is 4.29. The summed E-state index contributed by atoms with van der Waals surface area (Å²) in [5, 5.41) is 1.41. The molecule has 0 atom stereocenters. The van der Waals surface area contributed by atoms with Gasteiger partial charge < -0.3 is 4.90 Å². The Labute approximate surface area is 152 Å². The number of hydrogen-bond donors (Lipinski definition) is 0. The lowest BCUT2D eigenvalue weighted by Crippen LogP contribution is -2.35. The molecule has 2 aromatic rings. The molecule has 0 unspecified atom stereocenters. The van der Waals surface area contributed by atoms with Crippen LogP contribution in [0.1, 0.15) is 22.3 Å². The molecule has 3 nitrogen and oxygen atoms in total. The van der Waals surface area contributed by atoms with Crippen LogP contribution in [0.25, 0.3) is 0 Å². The third kappa shape index (κ3) is 4.50. The van der Waals surface area contributed by atoms with Gasteiger partial charge in [0, 0.05) is 48.3 Å². The van der Waals surface area contributed by atoms with E-state index in [1.54, 1.807) is 24.3 Å². The lowest BCUT2D eigenvalue weighted by molar-refractivity contribution is 0.0761. The van der Waals surface area contributed by atoms with Crippen molar-refractivity contribution >= 4 is 29.1 Å². The summed E-state index contributed by atoms with van der Waals surface area (Å²) in [4.78, 5) is 16.9. The van der Waals surface area contributed by atoms with E-state index in [1.165, 1.54) is 5.56 Å². The molecule has 1 heterocycles. The van der Waals surface area contributed by atoms with Crippen molar-refractivity contribution in [2.24, 2.45) is 0 Å². The van der Waals surface area contributed by atoms with Crippen LogP contribution < -0.4 is 0 Å². The largest absolute Gasteiger partial charge is 0.337 e. The van der Waals surface area contributed by atoms with Gasteiger partial charge in [-0.2, -0.15) is 0 Å². The van der Waals surface area contributed by atoms with Crippen LogP contribution in [0.3, 0.4) is 0 Å². The van der Waals surface area contributed by atoms with E-state index in [0.717, 1.165) is 44.2 Å². The minimum atomic E-state index is 0.0833. The van der Waals surface area contributed by atoms with E-state index in [-0.39, 0.29) is 5.91 Å². The van der Waals surface area contributed by atoms with Crippen molar-refractivity contribution in [3.63, 3.8) is 0 Å². The van der Waals surface area contributed by atoms with Crippen molar-refractivity contribution in [3.8, 4) is 0 Å². The quantitative estimate of drug-likeness (QED) is 0.810. The van der Waals surface area contributed by atoms with Gasteiger partial charge in [0.25, 0.3) is 5.91 Å². The summed E-state index contributed by atoms with van der Waals surface area (Å²) < 4.78 is 0. The maximum Gasteiger partial charge on any atom is 0.253 e. The molecule has 0 radical (unpaired) electrons. The molecule has 5 heteroatoms. The zero-order valence-electron chi connectivity index (χ0n) is 13.4. The van der Waals surface area contributed by atoms with Gasteiger partial charge in [-0.15, -0.1) is 0 Å². The molecule has 0 N–H and O–H groups in total. The van der Waals surface area contributed by atoms with Crippen LogP contribution in [0, 0.1) is 0 Å². The number of carbonyl (C=O) groups is 1. The number of nitrogens with zero attached hydrogens (tertiary/aromatic N) is 2. The maximum atomic E-state index is 12.6. The first-order valence-corrected chi connectivity index (χ1v) is 8.89. The Kier molecular flexibility index (Phi) is 5.77. The van der Waals surface area contributed by atoms with Crippen molar-refractivity contribution in [2.75, 3.05) is 26.2 Å². The second kappa shape index (κ2) is 8.02. The van der Waals surface area contributed by atoms with Crippen LogP contribution in [0.15, 0.2) is 48.5 Å². The summed E-state index contributed by atoms with van der Waals surface area (Å²) >= 11 is 11.8. The SMILES string of the molecule is O=C(c1ccc(Cl)cc1)N1CCCN(Cc2ccc(Cl)cc2)CC1. The van der Waals surface area contributed by atoms with Crippen LogP contribution in [-0.2, 0) is 6.54 Å². The Hall–Kier alpha value is -1.55. The van der Waals surface area contributed by atoms with Crippen molar-refractivity contribution in [2.45, 2.75) is 13.0 Å². The number of rotatable bonds is 3. The molecule has 1 aliphatic heterocycles. The maximum absolute atomic E-state index is 12.6. The number of benzene rings is 2. The number of carbonyl (C=O) groups excluding carboxylic acids is 1. The van der Waals surface area contributed by atoms with Gasteiger partial charge >= 0.3 is 0 Å². The number of halogens is 2. The molecule has 3 rings (SSSR count). The summed E-state index contributed by atoms with van der Waals surface area (Å²) in [7, 11) is 0. The molecule has 0 bridgehead atoms. The highest BCUT2D eigenvalue weighted by atomic mass is 35.5. The van der Waals surface area contributed by atoms with Crippen LogP contribution in [0.2, 0.25) is 10.0 Å². The molecular weight excluding hydrogens is 343 g/mol. The Balaban J connectivity index is 1.59. The molecule has 0 saturated carbocycles. The van der Waals surface area contributed by atoms with Crippen molar-refractivity contribution in [1.82, 2.24) is 9.80 Å². The van der Waals surface area contributed by atoms with Gasteiger partial charge in [0.15, 0.2) is 0 Å². The van der Waals surface area contributed by atoms with Crippen molar-refractivity contribution in [1.29, 1.82) is 0 Å². The molecule has 1 fully saturated rings. The van der Waals surface area contributed by atoms with E-state index in [9.17, 15) is 4.79 Å². The Morgan fingerprint density at radius 3 is 2.12 bits per heavy atom. The zero-order chi connectivity index (χ0) is 16.9. The number of amides is 1. The third-order valence-electron chi connectivity index (χ3n) is 4.29. The Bertz CT molecular complexity index is 686. The molecular formula is C19H20Cl2N2O. The summed E-state index contributed by atoms with van der Waals surface area (Å²) in [5.41, 5.74) is 1.95. The molecule has 1 amide bonds. The van der Waals surface area contributed by atoms with Gasteiger partial charge in [0.05, 0.1) is 0 Å². The van der Waals surface area contributed by atoms with Gasteiger partial charge in [0.2, 0.25) is 0 Å². The van der Waals surface area contributed by atoms with Crippen LogP contribution in [0.4, 0.5) is 0 Å². The van der Waals surface area contributed by atoms with Gasteiger partial charge in [-0.1, -0.05) is 35.3 Å². The molecule has 0 aromatic heterocycles. The Morgan fingerprint density at radius 2 is 1.46 bits per heavy atom. The summed E-state index contributed by atoms with van der Waals surface area (Å²) in [6, 6.07) is 15.1. The molecule has 0 aliphatic carbocycles. The topological polar surface area (TPSA) is 23.6 Å². The van der Waals surface area contributed by atoms with E-state index in [0.29, 0.717) is 10.6 Å². The summed E-state index contributed by atoms with van der Waals surface area (Å²) in [6.07, 6.45) is 0.979. The van der Waals surface area contributed by atoms with Gasteiger partial charge in [-0.05, 0) is 48.4 Å². The average molecular weight is 363 g/mol. The van der Waals surface area contributed by atoms with Gasteiger partial charge in [0.1, 0.15) is 0 Å². The fraction of sp³-hybridized carbons (Fsp3) is 0.316. The van der Waals surface area contributed by atoms with E-state index >= 15 is 0 Å². The molecule has 0 spiro atoms. The molecule has 1 aliphatic rings. The molecule has 24 heavy (non-hydrogen) atoms. The molecule has 1 saturated heterocycles. The lowest BCUT2D eigenvalue weighted by Gasteiger charge is -2.22. The van der Waals surface area contributed by atoms with E-state index in [1.807, 2.05) is 17.0 Å². The first kappa shape index (κ1) is 17.3. The van der Waals surface area contributed by atoms with E-state index < -0.39 is 0 Å².